The lowest BCUT2D eigenvalue weighted by atomic mass is 10.2. The first-order valence-corrected chi connectivity index (χ1v) is 4.43. The minimum Gasteiger partial charge on any atom is -0.350 e. The van der Waals surface area contributed by atoms with Crippen LogP contribution in [0.3, 0.4) is 0 Å². The molecule has 11 heavy (non-hydrogen) atoms. The van der Waals surface area contributed by atoms with Crippen molar-refractivity contribution in [2.75, 3.05) is 0 Å². The number of rotatable bonds is 2. The molecule has 1 N–H and O–H groups in total. The van der Waals surface area contributed by atoms with Crippen molar-refractivity contribution < 1.29 is 4.79 Å². The van der Waals surface area contributed by atoms with E-state index in [2.05, 4.69) is 5.32 Å². The molecule has 1 atom stereocenters. The average molecular weight is 169 g/mol. The van der Waals surface area contributed by atoms with Gasteiger partial charge in [-0.2, -0.15) is 11.3 Å². The fourth-order valence-corrected chi connectivity index (χ4v) is 1.66. The van der Waals surface area contributed by atoms with E-state index in [0.29, 0.717) is 0 Å². The van der Waals surface area contributed by atoms with Crippen LogP contribution in [-0.4, -0.2) is 5.91 Å². The van der Waals surface area contributed by atoms with Crippen LogP contribution in [0.15, 0.2) is 16.8 Å². The third-order valence-electron chi connectivity index (χ3n) is 1.46. The first-order valence-electron chi connectivity index (χ1n) is 3.49. The molecule has 1 aromatic heterocycles. The Kier molecular flexibility index (Phi) is 2.65. The monoisotopic (exact) mass is 169 g/mol. The van der Waals surface area contributed by atoms with Gasteiger partial charge in [-0.1, -0.05) is 0 Å². The molecule has 0 radical (unpaired) electrons. The summed E-state index contributed by atoms with van der Waals surface area (Å²) in [5.41, 5.74) is 1.17. The van der Waals surface area contributed by atoms with Gasteiger partial charge in [0.25, 0.3) is 0 Å². The molecule has 0 aromatic carbocycles. The topological polar surface area (TPSA) is 29.1 Å². The van der Waals surface area contributed by atoms with Gasteiger partial charge in [-0.15, -0.1) is 0 Å². The van der Waals surface area contributed by atoms with Crippen molar-refractivity contribution in [3.05, 3.63) is 22.4 Å². The fraction of sp³-hybridized carbons (Fsp3) is 0.375. The van der Waals surface area contributed by atoms with E-state index in [9.17, 15) is 4.79 Å². The summed E-state index contributed by atoms with van der Waals surface area (Å²) in [6.07, 6.45) is 0. The van der Waals surface area contributed by atoms with Crippen molar-refractivity contribution in [1.82, 2.24) is 5.32 Å². The summed E-state index contributed by atoms with van der Waals surface area (Å²) < 4.78 is 0. The third kappa shape index (κ3) is 2.35. The molecule has 1 heterocycles. The van der Waals surface area contributed by atoms with E-state index in [1.165, 1.54) is 12.5 Å². The maximum atomic E-state index is 10.6. The van der Waals surface area contributed by atoms with E-state index in [4.69, 9.17) is 0 Å². The molecule has 3 heteroatoms. The van der Waals surface area contributed by atoms with Gasteiger partial charge in [0.1, 0.15) is 0 Å². The summed E-state index contributed by atoms with van der Waals surface area (Å²) in [6.45, 7) is 3.51. The lowest BCUT2D eigenvalue weighted by Gasteiger charge is -2.09. The molecule has 0 aliphatic heterocycles. The highest BCUT2D eigenvalue weighted by Gasteiger charge is 2.05. The average Bonchev–Trinajstić information content (AvgIpc) is 2.35. The zero-order valence-electron chi connectivity index (χ0n) is 6.63. The summed E-state index contributed by atoms with van der Waals surface area (Å²) in [7, 11) is 0. The molecule has 0 bridgehead atoms. The molecule has 0 aliphatic carbocycles. The second kappa shape index (κ2) is 3.53. The molecular formula is C8H11NOS. The highest BCUT2D eigenvalue weighted by molar-refractivity contribution is 7.07. The molecular weight excluding hydrogens is 158 g/mol. The van der Waals surface area contributed by atoms with Crippen LogP contribution in [0.2, 0.25) is 0 Å². The van der Waals surface area contributed by atoms with E-state index < -0.39 is 0 Å². The van der Waals surface area contributed by atoms with Crippen LogP contribution < -0.4 is 5.32 Å². The molecule has 0 unspecified atom stereocenters. The molecule has 1 aromatic rings. The summed E-state index contributed by atoms with van der Waals surface area (Å²) in [4.78, 5) is 10.6. The summed E-state index contributed by atoms with van der Waals surface area (Å²) >= 11 is 1.64. The van der Waals surface area contributed by atoms with Gasteiger partial charge < -0.3 is 5.32 Å². The Hall–Kier alpha value is -0.830. The van der Waals surface area contributed by atoms with E-state index in [1.54, 1.807) is 11.3 Å². The number of hydrogen-bond acceptors (Lipinski definition) is 2. The molecule has 0 saturated heterocycles. The van der Waals surface area contributed by atoms with Crippen molar-refractivity contribution >= 4 is 17.2 Å². The Balaban J connectivity index is 2.56. The van der Waals surface area contributed by atoms with Crippen molar-refractivity contribution in [2.45, 2.75) is 19.9 Å². The second-order valence-electron chi connectivity index (χ2n) is 2.48. The summed E-state index contributed by atoms with van der Waals surface area (Å²) in [5.74, 6) is 0.0173. The molecule has 60 valence electrons. The van der Waals surface area contributed by atoms with Gasteiger partial charge in [-0.25, -0.2) is 0 Å². The van der Waals surface area contributed by atoms with Crippen LogP contribution >= 0.6 is 11.3 Å². The Morgan fingerprint density at radius 2 is 2.45 bits per heavy atom. The molecule has 1 rings (SSSR count). The number of nitrogens with one attached hydrogen (secondary N) is 1. The number of carbonyl (C=O) groups excluding carboxylic acids is 1. The van der Waals surface area contributed by atoms with Crippen LogP contribution in [0, 0.1) is 0 Å². The first-order chi connectivity index (χ1) is 5.20. The normalized spacial score (nSPS) is 12.5. The molecule has 1 amide bonds. The van der Waals surface area contributed by atoms with Gasteiger partial charge in [0.15, 0.2) is 0 Å². The van der Waals surface area contributed by atoms with Crippen LogP contribution in [0.25, 0.3) is 0 Å². The van der Waals surface area contributed by atoms with Gasteiger partial charge in [-0.05, 0) is 29.3 Å². The van der Waals surface area contributed by atoms with Crippen LogP contribution in [0.5, 0.6) is 0 Å². The Bertz CT molecular complexity index is 230. The quantitative estimate of drug-likeness (QED) is 0.720. The van der Waals surface area contributed by atoms with Gasteiger partial charge in [0.05, 0.1) is 6.04 Å². The second-order valence-corrected chi connectivity index (χ2v) is 3.26. The zero-order valence-corrected chi connectivity index (χ0v) is 7.44. The van der Waals surface area contributed by atoms with E-state index in [1.807, 2.05) is 23.8 Å². The maximum Gasteiger partial charge on any atom is 0.217 e. The van der Waals surface area contributed by atoms with Crippen LogP contribution in [-0.2, 0) is 4.79 Å². The predicted octanol–water partition coefficient (Wildman–Crippen LogP) is 1.95. The number of hydrogen-bond donors (Lipinski definition) is 1. The van der Waals surface area contributed by atoms with E-state index >= 15 is 0 Å². The lowest BCUT2D eigenvalue weighted by molar-refractivity contribution is -0.119. The molecule has 0 saturated carbocycles. The minimum atomic E-state index is 0.0173. The van der Waals surface area contributed by atoms with Crippen LogP contribution in [0.1, 0.15) is 25.5 Å². The number of amides is 1. The standard InChI is InChI=1S/C8H11NOS/c1-6(9-7(2)10)8-3-4-11-5-8/h3-6H,1-2H3,(H,9,10)/t6-/m0/s1. The Labute approximate surface area is 70.2 Å². The van der Waals surface area contributed by atoms with E-state index in [0.717, 1.165) is 0 Å². The van der Waals surface area contributed by atoms with E-state index in [-0.39, 0.29) is 11.9 Å². The first kappa shape index (κ1) is 8.27. The van der Waals surface area contributed by atoms with Crippen LogP contribution in [0.4, 0.5) is 0 Å². The SMILES string of the molecule is CC(=O)N[C@@H](C)c1ccsc1. The Morgan fingerprint density at radius 3 is 2.91 bits per heavy atom. The maximum absolute atomic E-state index is 10.6. The van der Waals surface area contributed by atoms with Crippen molar-refractivity contribution in [2.24, 2.45) is 0 Å². The summed E-state index contributed by atoms with van der Waals surface area (Å²) in [6, 6.07) is 2.16. The van der Waals surface area contributed by atoms with Crippen molar-refractivity contribution in [1.29, 1.82) is 0 Å². The van der Waals surface area contributed by atoms with Crippen molar-refractivity contribution in [3.63, 3.8) is 0 Å². The minimum absolute atomic E-state index is 0.0173. The largest absolute Gasteiger partial charge is 0.350 e. The van der Waals surface area contributed by atoms with Crippen molar-refractivity contribution in [3.8, 4) is 0 Å². The Morgan fingerprint density at radius 1 is 1.73 bits per heavy atom. The van der Waals surface area contributed by atoms with Gasteiger partial charge in [0.2, 0.25) is 5.91 Å². The molecule has 0 spiro atoms. The number of carbonyl (C=O) groups is 1. The molecule has 2 nitrogen and oxygen atoms in total. The number of thiophene rings is 1. The molecule has 0 aliphatic rings. The zero-order chi connectivity index (χ0) is 8.27. The predicted molar refractivity (Wildman–Crippen MR) is 46.6 cm³/mol. The summed E-state index contributed by atoms with van der Waals surface area (Å²) in [5, 5.41) is 6.86. The van der Waals surface area contributed by atoms with Gasteiger partial charge >= 0.3 is 0 Å². The van der Waals surface area contributed by atoms with Gasteiger partial charge in [0, 0.05) is 6.92 Å². The smallest absolute Gasteiger partial charge is 0.217 e. The fourth-order valence-electron chi connectivity index (χ4n) is 0.910. The lowest BCUT2D eigenvalue weighted by Crippen LogP contribution is -2.23. The third-order valence-corrected chi connectivity index (χ3v) is 2.16. The molecule has 0 fully saturated rings. The van der Waals surface area contributed by atoms with Gasteiger partial charge in [-0.3, -0.25) is 4.79 Å². The highest BCUT2D eigenvalue weighted by Crippen LogP contribution is 2.14. The highest BCUT2D eigenvalue weighted by atomic mass is 32.1.